The van der Waals surface area contributed by atoms with Gasteiger partial charge in [0.05, 0.1) is 43.2 Å². The van der Waals surface area contributed by atoms with Gasteiger partial charge in [0.15, 0.2) is 48.0 Å². The van der Waals surface area contributed by atoms with E-state index < -0.39 is 54.5 Å². The highest BCUT2D eigenvalue weighted by Crippen LogP contribution is 2.48. The molecule has 0 N–H and O–H groups in total. The van der Waals surface area contributed by atoms with Gasteiger partial charge in [-0.05, 0) is 145 Å². The van der Waals surface area contributed by atoms with Gasteiger partial charge in [-0.25, -0.2) is 19.4 Å². The zero-order valence-corrected chi connectivity index (χ0v) is 45.9. The summed E-state index contributed by atoms with van der Waals surface area (Å²) in [5.41, 5.74) is 2.55. The van der Waals surface area contributed by atoms with Crippen molar-refractivity contribution in [2.24, 2.45) is 5.41 Å². The first-order valence-corrected chi connectivity index (χ1v) is 26.7. The van der Waals surface area contributed by atoms with Gasteiger partial charge in [0.25, 0.3) is 5.91 Å². The summed E-state index contributed by atoms with van der Waals surface area (Å²) < 4.78 is 62.8. The summed E-state index contributed by atoms with van der Waals surface area (Å²) in [5, 5.41) is 0. The number of methoxy groups -OCH3 is 2. The standard InChI is InChI=1S/C58H76N4O14/c1-35-20-43-52(73-49-16-12-14-18-69-49)62(55(66)76-57(5,6)7)42-27-48(46(68-11)25-40(42)51(64)60(43)29-35)72-33-38-22-36(31-63)21-37(23-38)32-71-47-26-41-39(24-45(47)67-10)30-59-34-58(8,9)28-44(59)53(74-50-17-13-15-19-70-50)61(41)54(65)75-56(2,3)4/h21-27,31,43-44,49-50,52-53H,1,12-20,28-30,32-34H2,2-11H3/t43-,44-,49?,50?,52?,53-/m0/s1. The normalized spacial score (nSPS) is 24.6. The summed E-state index contributed by atoms with van der Waals surface area (Å²) in [5.74, 6) is 0.962. The number of rotatable bonds is 13. The number of hydrogen-bond donors (Lipinski definition) is 0. The van der Waals surface area contributed by atoms with Crippen LogP contribution < -0.4 is 28.7 Å². The molecule has 4 fully saturated rings. The molecule has 3 aromatic carbocycles. The minimum absolute atomic E-state index is 0.000356. The SMILES string of the molecule is C=C1C[C@H]2C(OC3CCCCO3)N(C(=O)OC(C)(C)C)c3cc(OCc4cc(C=O)cc(COc5cc6c(cc5OC)CN5CC(C)(C)C[C@H]5[C@H](OC5CCCCO5)N6C(=O)OC(C)(C)C)c4)c(OC)cc3C(=O)N2C1. The van der Waals surface area contributed by atoms with Crippen molar-refractivity contribution in [3.05, 3.63) is 82.4 Å². The molecule has 6 atom stereocenters. The molecule has 3 unspecified atom stereocenters. The molecule has 0 bridgehead atoms. The lowest BCUT2D eigenvalue weighted by molar-refractivity contribution is -0.197. The molecule has 3 amide bonds. The van der Waals surface area contributed by atoms with Crippen molar-refractivity contribution < 1.29 is 66.5 Å². The Morgan fingerprint density at radius 3 is 1.78 bits per heavy atom. The van der Waals surface area contributed by atoms with Gasteiger partial charge in [-0.2, -0.15) is 0 Å². The topological polar surface area (TPSA) is 174 Å². The minimum Gasteiger partial charge on any atom is -0.493 e. The summed E-state index contributed by atoms with van der Waals surface area (Å²) in [7, 11) is 3.05. The number of amides is 3. The molecule has 3 aromatic rings. The smallest absolute Gasteiger partial charge is 0.417 e. The Hall–Kier alpha value is -5.92. The third kappa shape index (κ3) is 12.3. The van der Waals surface area contributed by atoms with Crippen LogP contribution in [0.25, 0.3) is 0 Å². The summed E-state index contributed by atoms with van der Waals surface area (Å²) in [6.45, 7) is 22.2. The van der Waals surface area contributed by atoms with Crippen LogP contribution in [0.4, 0.5) is 21.0 Å². The summed E-state index contributed by atoms with van der Waals surface area (Å²) in [4.78, 5) is 63.4. The number of carbonyl (C=O) groups excluding carboxylic acids is 4. The molecule has 0 radical (unpaired) electrons. The van der Waals surface area contributed by atoms with Crippen LogP contribution in [-0.4, -0.2) is 123 Å². The van der Waals surface area contributed by atoms with Crippen molar-refractivity contribution in [3.63, 3.8) is 0 Å². The average molecular weight is 1050 g/mol. The van der Waals surface area contributed by atoms with E-state index in [2.05, 4.69) is 25.3 Å². The summed E-state index contributed by atoms with van der Waals surface area (Å²) in [6.07, 6.45) is 2.85. The zero-order valence-electron chi connectivity index (χ0n) is 45.9. The number of benzene rings is 3. The number of anilines is 2. The molecule has 0 saturated carbocycles. The maximum Gasteiger partial charge on any atom is 0.417 e. The number of nitrogens with zero attached hydrogens (tertiary/aromatic N) is 4. The highest BCUT2D eigenvalue weighted by atomic mass is 16.7. The fourth-order valence-corrected chi connectivity index (χ4v) is 11.2. The third-order valence-electron chi connectivity index (χ3n) is 14.4. The van der Waals surface area contributed by atoms with E-state index in [4.69, 9.17) is 47.4 Å². The Balaban J connectivity index is 1.02. The van der Waals surface area contributed by atoms with E-state index in [0.29, 0.717) is 72.9 Å². The largest absolute Gasteiger partial charge is 0.493 e. The van der Waals surface area contributed by atoms with E-state index in [0.717, 1.165) is 56.1 Å². The molecule has 9 rings (SSSR count). The van der Waals surface area contributed by atoms with Crippen LogP contribution in [0.15, 0.2) is 54.6 Å². The van der Waals surface area contributed by atoms with Crippen LogP contribution in [0, 0.1) is 5.41 Å². The molecule has 76 heavy (non-hydrogen) atoms. The Morgan fingerprint density at radius 2 is 1.25 bits per heavy atom. The van der Waals surface area contributed by atoms with E-state index in [9.17, 15) is 19.2 Å². The van der Waals surface area contributed by atoms with Crippen molar-refractivity contribution in [1.29, 1.82) is 0 Å². The molecular formula is C58H76N4O14. The molecule has 0 aromatic heterocycles. The third-order valence-corrected chi connectivity index (χ3v) is 14.4. The van der Waals surface area contributed by atoms with Crippen LogP contribution in [0.2, 0.25) is 0 Å². The lowest BCUT2D eigenvalue weighted by Gasteiger charge is -2.39. The highest BCUT2D eigenvalue weighted by Gasteiger charge is 2.51. The number of aldehydes is 1. The van der Waals surface area contributed by atoms with Gasteiger partial charge in [0, 0.05) is 50.5 Å². The van der Waals surface area contributed by atoms with Crippen molar-refractivity contribution in [2.45, 2.75) is 175 Å². The Kier molecular flexibility index (Phi) is 16.0. The van der Waals surface area contributed by atoms with Crippen molar-refractivity contribution in [1.82, 2.24) is 9.80 Å². The van der Waals surface area contributed by atoms with Gasteiger partial charge >= 0.3 is 12.2 Å². The number of fused-ring (bicyclic) bond motifs is 4. The first kappa shape index (κ1) is 54.9. The van der Waals surface area contributed by atoms with Crippen molar-refractivity contribution >= 4 is 35.8 Å². The second kappa shape index (κ2) is 22.2. The maximum atomic E-state index is 14.6. The van der Waals surface area contributed by atoms with Crippen LogP contribution in [0.5, 0.6) is 23.0 Å². The fraction of sp³-hybridized carbons (Fsp3) is 0.586. The minimum atomic E-state index is -0.996. The Morgan fingerprint density at radius 1 is 0.711 bits per heavy atom. The van der Waals surface area contributed by atoms with E-state index >= 15 is 0 Å². The van der Waals surface area contributed by atoms with Gasteiger partial charge < -0.3 is 52.3 Å². The molecule has 6 aliphatic rings. The van der Waals surface area contributed by atoms with Crippen LogP contribution >= 0.6 is 0 Å². The second-order valence-corrected chi connectivity index (χ2v) is 23.6. The van der Waals surface area contributed by atoms with Crippen LogP contribution in [0.3, 0.4) is 0 Å². The van der Waals surface area contributed by atoms with E-state index in [1.165, 1.54) is 12.0 Å². The molecule has 6 heterocycles. The quantitative estimate of drug-likeness (QED) is 0.117. The van der Waals surface area contributed by atoms with E-state index in [1.54, 1.807) is 61.9 Å². The molecular weight excluding hydrogens is 977 g/mol. The predicted molar refractivity (Wildman–Crippen MR) is 282 cm³/mol. The number of hydrogen-bond acceptors (Lipinski definition) is 15. The zero-order chi connectivity index (χ0) is 54.3. The second-order valence-electron chi connectivity index (χ2n) is 23.6. The Bertz CT molecular complexity index is 2670. The molecule has 4 saturated heterocycles. The molecule has 412 valence electrons. The first-order chi connectivity index (χ1) is 36.1. The van der Waals surface area contributed by atoms with Crippen LogP contribution in [0.1, 0.15) is 144 Å². The van der Waals surface area contributed by atoms with Crippen molar-refractivity contribution in [2.75, 3.05) is 50.3 Å². The van der Waals surface area contributed by atoms with E-state index in [1.807, 2.05) is 39.0 Å². The van der Waals surface area contributed by atoms with Gasteiger partial charge in [0.1, 0.15) is 30.7 Å². The summed E-state index contributed by atoms with van der Waals surface area (Å²) >= 11 is 0. The molecule has 18 nitrogen and oxygen atoms in total. The van der Waals surface area contributed by atoms with Gasteiger partial charge in [0.2, 0.25) is 0 Å². The molecule has 18 heteroatoms. The lowest BCUT2D eigenvalue weighted by atomic mass is 9.90. The summed E-state index contributed by atoms with van der Waals surface area (Å²) in [6, 6.07) is 11.5. The molecule has 0 aliphatic carbocycles. The fourth-order valence-electron chi connectivity index (χ4n) is 11.2. The van der Waals surface area contributed by atoms with Gasteiger partial charge in [-0.15, -0.1) is 0 Å². The first-order valence-electron chi connectivity index (χ1n) is 26.7. The predicted octanol–water partition coefficient (Wildman–Crippen LogP) is 10.3. The van der Waals surface area contributed by atoms with Crippen LogP contribution in [-0.2, 0) is 48.2 Å². The lowest BCUT2D eigenvalue weighted by Crippen LogP contribution is -2.54. The average Bonchev–Trinajstić information content (AvgIpc) is 3.89. The van der Waals surface area contributed by atoms with Crippen molar-refractivity contribution in [3.8, 4) is 23.0 Å². The molecule has 6 aliphatic heterocycles. The van der Waals surface area contributed by atoms with Gasteiger partial charge in [-0.3, -0.25) is 14.5 Å². The number of carbonyl (C=O) groups is 4. The van der Waals surface area contributed by atoms with Gasteiger partial charge in [-0.1, -0.05) is 26.0 Å². The highest BCUT2D eigenvalue weighted by molar-refractivity contribution is 6.06. The molecule has 0 spiro atoms. The maximum absolute atomic E-state index is 14.6. The van der Waals surface area contributed by atoms with E-state index in [-0.39, 0.29) is 59.9 Å². The Labute approximate surface area is 446 Å². The monoisotopic (exact) mass is 1050 g/mol. The number of ether oxygens (including phenoxy) is 10.